The van der Waals surface area contributed by atoms with E-state index in [1.54, 1.807) is 0 Å². The number of amides is 2. The van der Waals surface area contributed by atoms with Gasteiger partial charge in [0.25, 0.3) is 0 Å². The van der Waals surface area contributed by atoms with Gasteiger partial charge in [-0.25, -0.2) is 5.43 Å². The number of hydrazone groups is 1. The molecule has 0 spiro atoms. The largest absolute Gasteiger partial charge is 0.326 e. The van der Waals surface area contributed by atoms with Crippen LogP contribution in [0.25, 0.3) is 0 Å². The Balaban J connectivity index is 1.42. The molecule has 1 heterocycles. The first-order valence-electron chi connectivity index (χ1n) is 8.51. The highest BCUT2D eigenvalue weighted by molar-refractivity contribution is 6.09. The predicted molar refractivity (Wildman–Crippen MR) is 87.9 cm³/mol. The Hall–Kier alpha value is -2.17. The van der Waals surface area contributed by atoms with Gasteiger partial charge in [0.1, 0.15) is 0 Å². The molecule has 2 aliphatic carbocycles. The quantitative estimate of drug-likeness (QED) is 0.901. The molecule has 2 N–H and O–H groups in total. The van der Waals surface area contributed by atoms with Gasteiger partial charge in [-0.05, 0) is 37.0 Å². The minimum Gasteiger partial charge on any atom is -0.326 e. The van der Waals surface area contributed by atoms with Gasteiger partial charge >= 0.3 is 0 Å². The number of anilines is 1. The van der Waals surface area contributed by atoms with Crippen LogP contribution < -0.4 is 10.7 Å². The summed E-state index contributed by atoms with van der Waals surface area (Å²) in [6.45, 7) is 0. The Labute approximate surface area is 135 Å². The lowest BCUT2D eigenvalue weighted by molar-refractivity contribution is -0.123. The van der Waals surface area contributed by atoms with Gasteiger partial charge in [-0.1, -0.05) is 31.4 Å². The minimum absolute atomic E-state index is 0.0371. The molecule has 0 saturated heterocycles. The maximum Gasteiger partial charge on any atom is 0.243 e. The second kappa shape index (κ2) is 5.80. The molecule has 1 aromatic rings. The number of rotatable bonds is 3. The number of hydrogen-bond donors (Lipinski definition) is 2. The van der Waals surface area contributed by atoms with Crippen molar-refractivity contribution in [2.45, 2.75) is 38.5 Å². The Morgan fingerprint density at radius 3 is 2.57 bits per heavy atom. The fourth-order valence-corrected chi connectivity index (χ4v) is 3.68. The van der Waals surface area contributed by atoms with Crippen LogP contribution in [-0.4, -0.2) is 17.5 Å². The zero-order valence-electron chi connectivity index (χ0n) is 13.0. The lowest BCUT2D eigenvalue weighted by Gasteiger charge is -2.20. The molecule has 1 aromatic carbocycles. The van der Waals surface area contributed by atoms with Crippen LogP contribution in [0, 0.1) is 17.8 Å². The van der Waals surface area contributed by atoms with Crippen molar-refractivity contribution in [1.29, 1.82) is 0 Å². The van der Waals surface area contributed by atoms with Crippen molar-refractivity contribution in [3.8, 4) is 0 Å². The number of fused-ring (bicyclic) bond motifs is 1. The summed E-state index contributed by atoms with van der Waals surface area (Å²) in [6.07, 6.45) is 6.47. The molecule has 23 heavy (non-hydrogen) atoms. The standard InChI is InChI=1S/C18H21N3O2/c22-17(12-4-2-1-3-5-12)19-13-8-6-11(7-9-13)16-14-10-15(14)18(23)21-20-16/h6-9,12,14-15H,1-5,10H2,(H,19,22)(H,21,23). The van der Waals surface area contributed by atoms with Gasteiger partial charge < -0.3 is 5.32 Å². The molecule has 5 nitrogen and oxygen atoms in total. The van der Waals surface area contributed by atoms with E-state index in [1.165, 1.54) is 6.42 Å². The molecule has 0 aromatic heterocycles. The molecule has 3 aliphatic rings. The first kappa shape index (κ1) is 14.4. The molecule has 120 valence electrons. The molecule has 2 amide bonds. The Morgan fingerprint density at radius 1 is 1.09 bits per heavy atom. The summed E-state index contributed by atoms with van der Waals surface area (Å²) in [5.41, 5.74) is 5.40. The molecule has 2 fully saturated rings. The van der Waals surface area contributed by atoms with E-state index in [1.807, 2.05) is 24.3 Å². The third-order valence-corrected chi connectivity index (χ3v) is 5.19. The molecule has 2 unspecified atom stereocenters. The molecule has 2 saturated carbocycles. The van der Waals surface area contributed by atoms with Crippen molar-refractivity contribution < 1.29 is 9.59 Å². The highest BCUT2D eigenvalue weighted by Crippen LogP contribution is 2.43. The van der Waals surface area contributed by atoms with Crippen LogP contribution in [0.3, 0.4) is 0 Å². The van der Waals surface area contributed by atoms with Crippen LogP contribution in [0.2, 0.25) is 0 Å². The number of nitrogens with one attached hydrogen (secondary N) is 2. The lowest BCUT2D eigenvalue weighted by Crippen LogP contribution is -2.28. The molecular weight excluding hydrogens is 290 g/mol. The fraction of sp³-hybridized carbons (Fsp3) is 0.500. The van der Waals surface area contributed by atoms with E-state index in [-0.39, 0.29) is 29.6 Å². The summed E-state index contributed by atoms with van der Waals surface area (Å²) >= 11 is 0. The van der Waals surface area contributed by atoms with Crippen molar-refractivity contribution >= 4 is 23.2 Å². The van der Waals surface area contributed by atoms with Gasteiger partial charge in [0.15, 0.2) is 0 Å². The zero-order chi connectivity index (χ0) is 15.8. The van der Waals surface area contributed by atoms with Gasteiger partial charge in [-0.2, -0.15) is 5.10 Å². The fourth-order valence-electron chi connectivity index (χ4n) is 3.68. The highest BCUT2D eigenvalue weighted by atomic mass is 16.2. The van der Waals surface area contributed by atoms with Crippen LogP contribution in [0.15, 0.2) is 29.4 Å². The smallest absolute Gasteiger partial charge is 0.243 e. The number of hydrogen-bond acceptors (Lipinski definition) is 3. The second-order valence-corrected chi connectivity index (χ2v) is 6.82. The lowest BCUT2D eigenvalue weighted by atomic mass is 9.88. The third kappa shape index (κ3) is 2.87. The molecule has 5 heteroatoms. The first-order chi connectivity index (χ1) is 11.2. The van der Waals surface area contributed by atoms with Crippen molar-refractivity contribution in [1.82, 2.24) is 5.43 Å². The molecule has 0 bridgehead atoms. The number of carbonyl (C=O) groups is 2. The van der Waals surface area contributed by atoms with Gasteiger partial charge in [0, 0.05) is 23.4 Å². The Bertz CT molecular complexity index is 659. The summed E-state index contributed by atoms with van der Waals surface area (Å²) in [5.74, 6) is 0.713. The monoisotopic (exact) mass is 311 g/mol. The van der Waals surface area contributed by atoms with E-state index >= 15 is 0 Å². The molecule has 2 atom stereocenters. The van der Waals surface area contributed by atoms with E-state index in [0.29, 0.717) is 0 Å². The first-order valence-corrected chi connectivity index (χ1v) is 8.51. The van der Waals surface area contributed by atoms with Crippen LogP contribution >= 0.6 is 0 Å². The Kier molecular flexibility index (Phi) is 3.63. The third-order valence-electron chi connectivity index (χ3n) is 5.19. The zero-order valence-corrected chi connectivity index (χ0v) is 13.0. The van der Waals surface area contributed by atoms with Crippen molar-refractivity contribution in [2.24, 2.45) is 22.9 Å². The van der Waals surface area contributed by atoms with E-state index in [9.17, 15) is 9.59 Å². The number of benzene rings is 1. The highest BCUT2D eigenvalue weighted by Gasteiger charge is 2.49. The summed E-state index contributed by atoms with van der Waals surface area (Å²) < 4.78 is 0. The molecule has 1 aliphatic heterocycles. The minimum atomic E-state index is 0.0371. The number of carbonyl (C=O) groups excluding carboxylic acids is 2. The van der Waals surface area contributed by atoms with Crippen molar-refractivity contribution in [3.63, 3.8) is 0 Å². The van der Waals surface area contributed by atoms with Crippen LogP contribution in [0.1, 0.15) is 44.1 Å². The summed E-state index contributed by atoms with van der Waals surface area (Å²) in [7, 11) is 0. The van der Waals surface area contributed by atoms with Crippen molar-refractivity contribution in [2.75, 3.05) is 5.32 Å². The average Bonchev–Trinajstić information content (AvgIpc) is 3.39. The Morgan fingerprint density at radius 2 is 1.83 bits per heavy atom. The van der Waals surface area contributed by atoms with E-state index < -0.39 is 0 Å². The molecule has 4 rings (SSSR count). The van der Waals surface area contributed by atoms with E-state index in [0.717, 1.165) is 49.1 Å². The topological polar surface area (TPSA) is 70.6 Å². The normalized spacial score (nSPS) is 26.8. The maximum absolute atomic E-state index is 12.3. The SMILES string of the molecule is O=C(Nc1ccc(C2=NNC(=O)C3CC23)cc1)C1CCCCC1. The van der Waals surface area contributed by atoms with Crippen molar-refractivity contribution in [3.05, 3.63) is 29.8 Å². The summed E-state index contributed by atoms with van der Waals surface area (Å²) in [6, 6.07) is 7.79. The van der Waals surface area contributed by atoms with Gasteiger partial charge in [-0.15, -0.1) is 0 Å². The van der Waals surface area contributed by atoms with Gasteiger partial charge in [0.2, 0.25) is 11.8 Å². The van der Waals surface area contributed by atoms with E-state index in [2.05, 4.69) is 15.8 Å². The van der Waals surface area contributed by atoms with Crippen LogP contribution in [0.4, 0.5) is 5.69 Å². The molecular formula is C18H21N3O2. The molecule has 0 radical (unpaired) electrons. The summed E-state index contributed by atoms with van der Waals surface area (Å²) in [5, 5.41) is 7.22. The number of nitrogens with zero attached hydrogens (tertiary/aromatic N) is 1. The van der Waals surface area contributed by atoms with Crippen LogP contribution in [0.5, 0.6) is 0 Å². The van der Waals surface area contributed by atoms with Crippen LogP contribution in [-0.2, 0) is 9.59 Å². The van der Waals surface area contributed by atoms with Gasteiger partial charge in [-0.3, -0.25) is 9.59 Å². The van der Waals surface area contributed by atoms with E-state index in [4.69, 9.17) is 0 Å². The average molecular weight is 311 g/mol. The predicted octanol–water partition coefficient (Wildman–Crippen LogP) is 2.68. The second-order valence-electron chi connectivity index (χ2n) is 6.82. The maximum atomic E-state index is 12.3. The van der Waals surface area contributed by atoms with Gasteiger partial charge in [0.05, 0.1) is 5.71 Å². The summed E-state index contributed by atoms with van der Waals surface area (Å²) in [4.78, 5) is 23.7.